The molecule has 0 aromatic carbocycles. The number of carbonyl (C=O) groups is 1. The summed E-state index contributed by atoms with van der Waals surface area (Å²) in [6.45, 7) is 0. The first kappa shape index (κ1) is 20.0. The number of aliphatic imine (C=N–C) groups is 1. The smallest absolute Gasteiger partial charge is 0.340 e. The number of methoxy groups -OCH3 is 2. The fourth-order valence-electron chi connectivity index (χ4n) is 2.30. The molecule has 142 valence electrons. The molecule has 7 nitrogen and oxygen atoms in total. The summed E-state index contributed by atoms with van der Waals surface area (Å²) in [5.74, 6) is -0.474. The van der Waals surface area contributed by atoms with Gasteiger partial charge in [-0.2, -0.15) is 0 Å². The Morgan fingerprint density at radius 1 is 1.22 bits per heavy atom. The quantitative estimate of drug-likeness (QED) is 0.615. The van der Waals surface area contributed by atoms with Gasteiger partial charge in [-0.3, -0.25) is 15.0 Å². The third-order valence-electron chi connectivity index (χ3n) is 3.63. The highest BCUT2D eigenvalue weighted by Crippen LogP contribution is 2.35. The average molecular weight is 376 g/mol. The maximum Gasteiger partial charge on any atom is 0.340 e. The standard InChI is InChI=1S/C18H18F2N4O3/c1-22-5-4-13(21)14-6-10(12(8-23-14)18(25)27-3)11-7-15(17(19)20)24-9-16(11)26-2/h4-9,17H,21H2,1-3H3/b13-4-,22-5?. The van der Waals surface area contributed by atoms with E-state index in [1.807, 2.05) is 0 Å². The first-order chi connectivity index (χ1) is 12.9. The van der Waals surface area contributed by atoms with Crippen molar-refractivity contribution in [2.75, 3.05) is 21.3 Å². The summed E-state index contributed by atoms with van der Waals surface area (Å²) in [6.07, 6.45) is 2.65. The molecule has 0 aliphatic carbocycles. The van der Waals surface area contributed by atoms with Crippen molar-refractivity contribution in [3.8, 4) is 16.9 Å². The van der Waals surface area contributed by atoms with Crippen LogP contribution in [0.25, 0.3) is 16.8 Å². The van der Waals surface area contributed by atoms with E-state index in [0.717, 1.165) is 6.07 Å². The van der Waals surface area contributed by atoms with Crippen LogP contribution in [0.15, 0.2) is 35.6 Å². The molecule has 2 N–H and O–H groups in total. The van der Waals surface area contributed by atoms with E-state index >= 15 is 0 Å². The Morgan fingerprint density at radius 2 is 1.96 bits per heavy atom. The lowest BCUT2D eigenvalue weighted by molar-refractivity contribution is 0.0601. The average Bonchev–Trinajstić information content (AvgIpc) is 2.70. The summed E-state index contributed by atoms with van der Waals surface area (Å²) < 4.78 is 36.2. The highest BCUT2D eigenvalue weighted by Gasteiger charge is 2.21. The number of halogens is 2. The van der Waals surface area contributed by atoms with Crippen LogP contribution in [0.2, 0.25) is 0 Å². The lowest BCUT2D eigenvalue weighted by atomic mass is 9.99. The molecular weight excluding hydrogens is 358 g/mol. The zero-order chi connectivity index (χ0) is 20.0. The minimum atomic E-state index is -2.79. The molecule has 0 saturated carbocycles. The molecule has 0 aliphatic rings. The van der Waals surface area contributed by atoms with Gasteiger partial charge in [-0.1, -0.05) is 0 Å². The number of nitrogens with two attached hydrogens (primary N) is 1. The fourth-order valence-corrected chi connectivity index (χ4v) is 2.30. The summed E-state index contributed by atoms with van der Waals surface area (Å²) in [4.78, 5) is 23.8. The van der Waals surface area contributed by atoms with E-state index in [2.05, 4.69) is 15.0 Å². The van der Waals surface area contributed by atoms with Gasteiger partial charge in [0.05, 0.1) is 37.4 Å². The first-order valence-corrected chi connectivity index (χ1v) is 7.72. The SMILES string of the molecule is CN=C/C=C(\N)c1cc(-c2cc(C(F)F)ncc2OC)c(C(=O)OC)cn1. The number of hydrogen-bond donors (Lipinski definition) is 1. The Labute approximate surface area is 154 Å². The topological polar surface area (TPSA) is 99.7 Å². The number of pyridine rings is 2. The van der Waals surface area contributed by atoms with E-state index in [0.29, 0.717) is 5.69 Å². The van der Waals surface area contributed by atoms with E-state index in [4.69, 9.17) is 15.2 Å². The lowest BCUT2D eigenvalue weighted by Crippen LogP contribution is -2.08. The zero-order valence-electron chi connectivity index (χ0n) is 14.9. The summed E-state index contributed by atoms with van der Waals surface area (Å²) in [7, 11) is 4.16. The minimum absolute atomic E-state index is 0.0722. The van der Waals surface area contributed by atoms with Crippen LogP contribution in [0.4, 0.5) is 8.78 Å². The molecule has 27 heavy (non-hydrogen) atoms. The number of rotatable bonds is 6. The predicted molar refractivity (Wildman–Crippen MR) is 96.9 cm³/mol. The van der Waals surface area contributed by atoms with Gasteiger partial charge in [-0.25, -0.2) is 13.6 Å². The molecule has 2 rings (SSSR count). The van der Waals surface area contributed by atoms with Gasteiger partial charge in [-0.15, -0.1) is 0 Å². The molecule has 9 heteroatoms. The highest BCUT2D eigenvalue weighted by molar-refractivity contribution is 5.98. The Kier molecular flexibility index (Phi) is 6.53. The maximum absolute atomic E-state index is 13.1. The second-order valence-electron chi connectivity index (χ2n) is 5.25. The molecule has 0 aliphatic heterocycles. The summed E-state index contributed by atoms with van der Waals surface area (Å²) in [5.41, 5.74) is 6.70. The Balaban J connectivity index is 2.75. The fraction of sp³-hybridized carbons (Fsp3) is 0.222. The highest BCUT2D eigenvalue weighted by atomic mass is 19.3. The van der Waals surface area contributed by atoms with Crippen molar-refractivity contribution < 1.29 is 23.0 Å². The van der Waals surface area contributed by atoms with Crippen molar-refractivity contribution in [2.24, 2.45) is 10.7 Å². The Morgan fingerprint density at radius 3 is 2.56 bits per heavy atom. The number of ether oxygens (including phenoxy) is 2. The van der Waals surface area contributed by atoms with Gasteiger partial charge in [0.15, 0.2) is 0 Å². The molecule has 0 spiro atoms. The second kappa shape index (κ2) is 8.84. The van der Waals surface area contributed by atoms with Crippen molar-refractivity contribution in [2.45, 2.75) is 6.43 Å². The van der Waals surface area contributed by atoms with Gasteiger partial charge in [0.2, 0.25) is 0 Å². The second-order valence-corrected chi connectivity index (χ2v) is 5.25. The number of allylic oxidation sites excluding steroid dienone is 1. The van der Waals surface area contributed by atoms with Crippen LogP contribution >= 0.6 is 0 Å². The van der Waals surface area contributed by atoms with E-state index in [-0.39, 0.29) is 28.1 Å². The van der Waals surface area contributed by atoms with Gasteiger partial charge in [0, 0.05) is 30.6 Å². The maximum atomic E-state index is 13.1. The largest absolute Gasteiger partial charge is 0.494 e. The third kappa shape index (κ3) is 4.43. The number of aromatic nitrogens is 2. The van der Waals surface area contributed by atoms with Gasteiger partial charge in [0.25, 0.3) is 6.43 Å². The number of alkyl halides is 2. The lowest BCUT2D eigenvalue weighted by Gasteiger charge is -2.14. The molecular formula is C18H18F2N4O3. The van der Waals surface area contributed by atoms with E-state index < -0.39 is 18.1 Å². The molecule has 0 amide bonds. The molecule has 0 atom stereocenters. The molecule has 0 radical (unpaired) electrons. The van der Waals surface area contributed by atoms with Crippen molar-refractivity contribution in [3.05, 3.63) is 47.6 Å². The summed E-state index contributed by atoms with van der Waals surface area (Å²) >= 11 is 0. The van der Waals surface area contributed by atoms with Crippen LogP contribution in [0.5, 0.6) is 5.75 Å². The Hall–Kier alpha value is -3.36. The van der Waals surface area contributed by atoms with Crippen molar-refractivity contribution in [3.63, 3.8) is 0 Å². The predicted octanol–water partition coefficient (Wildman–Crippen LogP) is 2.88. The summed E-state index contributed by atoms with van der Waals surface area (Å²) in [5, 5.41) is 0. The number of hydrogen-bond acceptors (Lipinski definition) is 7. The van der Waals surface area contributed by atoms with Gasteiger partial charge in [0.1, 0.15) is 11.4 Å². The van der Waals surface area contributed by atoms with Gasteiger partial charge < -0.3 is 15.2 Å². The molecule has 0 bridgehead atoms. The molecule has 2 aromatic rings. The van der Waals surface area contributed by atoms with Crippen molar-refractivity contribution >= 4 is 17.9 Å². The van der Waals surface area contributed by atoms with Crippen LogP contribution in [-0.4, -0.2) is 43.4 Å². The van der Waals surface area contributed by atoms with Crippen LogP contribution in [0, 0.1) is 0 Å². The van der Waals surface area contributed by atoms with Gasteiger partial charge >= 0.3 is 5.97 Å². The van der Waals surface area contributed by atoms with Crippen LogP contribution in [0.3, 0.4) is 0 Å². The number of esters is 1. The van der Waals surface area contributed by atoms with Crippen LogP contribution in [-0.2, 0) is 4.74 Å². The minimum Gasteiger partial charge on any atom is -0.494 e. The molecule has 0 fully saturated rings. The van der Waals surface area contributed by atoms with Crippen molar-refractivity contribution in [1.82, 2.24) is 9.97 Å². The van der Waals surface area contributed by atoms with E-state index in [1.165, 1.54) is 45.0 Å². The molecule has 0 unspecified atom stereocenters. The number of carbonyl (C=O) groups excluding carboxylic acids is 1. The monoisotopic (exact) mass is 376 g/mol. The Bertz CT molecular complexity index is 898. The van der Waals surface area contributed by atoms with Crippen LogP contribution in [0.1, 0.15) is 28.2 Å². The summed E-state index contributed by atoms with van der Waals surface area (Å²) in [6, 6.07) is 2.65. The zero-order valence-corrected chi connectivity index (χ0v) is 14.9. The number of nitrogens with zero attached hydrogens (tertiary/aromatic N) is 3. The molecule has 2 heterocycles. The van der Waals surface area contributed by atoms with Crippen LogP contribution < -0.4 is 10.5 Å². The van der Waals surface area contributed by atoms with Crippen molar-refractivity contribution in [1.29, 1.82) is 0 Å². The van der Waals surface area contributed by atoms with Gasteiger partial charge in [-0.05, 0) is 18.2 Å². The van der Waals surface area contributed by atoms with E-state index in [1.54, 1.807) is 7.05 Å². The van der Waals surface area contributed by atoms with E-state index in [9.17, 15) is 13.6 Å². The third-order valence-corrected chi connectivity index (χ3v) is 3.63. The molecule has 0 saturated heterocycles. The first-order valence-electron chi connectivity index (χ1n) is 7.72. The normalized spacial score (nSPS) is 11.9. The molecule has 2 aromatic heterocycles.